The van der Waals surface area contributed by atoms with Crippen LogP contribution in [0.25, 0.3) is 0 Å². The maximum atomic E-state index is 5.21. The minimum Gasteiger partial charge on any atom is -0.361 e. The molecule has 0 amide bonds. The minimum atomic E-state index is 0.487. The van der Waals surface area contributed by atoms with Gasteiger partial charge in [0.15, 0.2) is 0 Å². The number of aryl methyl sites for hydroxylation is 2. The molecule has 72 valence electrons. The predicted octanol–water partition coefficient (Wildman–Crippen LogP) is 1.97. The molecule has 3 heteroatoms. The molecule has 2 rings (SSSR count). The lowest BCUT2D eigenvalue weighted by atomic mass is 10.0. The van der Waals surface area contributed by atoms with Gasteiger partial charge in [0.1, 0.15) is 5.76 Å². The number of rotatable bonds is 2. The van der Waals surface area contributed by atoms with Crippen LogP contribution in [-0.4, -0.2) is 11.7 Å². The average molecular weight is 180 g/mol. The van der Waals surface area contributed by atoms with Gasteiger partial charge in [0.05, 0.1) is 5.69 Å². The molecule has 1 fully saturated rings. The first-order valence-corrected chi connectivity index (χ1v) is 5.01. The van der Waals surface area contributed by atoms with Gasteiger partial charge in [0.25, 0.3) is 0 Å². The summed E-state index contributed by atoms with van der Waals surface area (Å²) >= 11 is 0. The molecule has 2 heterocycles. The Morgan fingerprint density at radius 2 is 2.46 bits per heavy atom. The van der Waals surface area contributed by atoms with Gasteiger partial charge in [0, 0.05) is 11.6 Å². The molecule has 0 aromatic carbocycles. The zero-order chi connectivity index (χ0) is 9.26. The van der Waals surface area contributed by atoms with Crippen molar-refractivity contribution >= 4 is 0 Å². The van der Waals surface area contributed by atoms with E-state index < -0.39 is 0 Å². The summed E-state index contributed by atoms with van der Waals surface area (Å²) in [5, 5.41) is 7.54. The molecule has 1 aliphatic rings. The van der Waals surface area contributed by atoms with Gasteiger partial charge in [0.2, 0.25) is 0 Å². The Morgan fingerprint density at radius 1 is 1.62 bits per heavy atom. The van der Waals surface area contributed by atoms with E-state index in [0.717, 1.165) is 24.4 Å². The molecule has 13 heavy (non-hydrogen) atoms. The van der Waals surface area contributed by atoms with Gasteiger partial charge in [-0.3, -0.25) is 0 Å². The van der Waals surface area contributed by atoms with E-state index in [2.05, 4.69) is 17.4 Å². The van der Waals surface area contributed by atoms with Gasteiger partial charge in [-0.15, -0.1) is 0 Å². The highest BCUT2D eigenvalue weighted by Gasteiger charge is 2.23. The monoisotopic (exact) mass is 180 g/mol. The van der Waals surface area contributed by atoms with Crippen LogP contribution in [0.3, 0.4) is 0 Å². The molecule has 0 aliphatic carbocycles. The van der Waals surface area contributed by atoms with Crippen LogP contribution >= 0.6 is 0 Å². The number of hydrogen-bond acceptors (Lipinski definition) is 3. The highest BCUT2D eigenvalue weighted by Crippen LogP contribution is 2.28. The van der Waals surface area contributed by atoms with Crippen LogP contribution in [0.5, 0.6) is 0 Å². The third-order valence-corrected chi connectivity index (χ3v) is 2.73. The van der Waals surface area contributed by atoms with Crippen molar-refractivity contribution in [3.05, 3.63) is 17.0 Å². The molecule has 1 aromatic rings. The molecule has 3 nitrogen and oxygen atoms in total. The number of nitrogens with zero attached hydrogens (tertiary/aromatic N) is 1. The molecule has 0 saturated carbocycles. The quantitative estimate of drug-likeness (QED) is 0.756. The first-order chi connectivity index (χ1) is 6.33. The van der Waals surface area contributed by atoms with Crippen molar-refractivity contribution in [2.45, 2.75) is 39.2 Å². The molecule has 1 aromatic heterocycles. The van der Waals surface area contributed by atoms with E-state index in [-0.39, 0.29) is 0 Å². The third-order valence-electron chi connectivity index (χ3n) is 2.73. The van der Waals surface area contributed by atoms with Gasteiger partial charge in [-0.25, -0.2) is 0 Å². The van der Waals surface area contributed by atoms with E-state index in [0.29, 0.717) is 6.04 Å². The van der Waals surface area contributed by atoms with Crippen LogP contribution in [0.2, 0.25) is 0 Å². The Labute approximate surface area is 78.5 Å². The zero-order valence-electron chi connectivity index (χ0n) is 8.26. The Hall–Kier alpha value is -0.830. The topological polar surface area (TPSA) is 38.1 Å². The zero-order valence-corrected chi connectivity index (χ0v) is 8.26. The fraction of sp³-hybridized carbons (Fsp3) is 0.700. The van der Waals surface area contributed by atoms with Gasteiger partial charge >= 0.3 is 0 Å². The molecule has 1 N–H and O–H groups in total. The fourth-order valence-electron chi connectivity index (χ4n) is 2.06. The summed E-state index contributed by atoms with van der Waals surface area (Å²) in [6.45, 7) is 5.25. The summed E-state index contributed by atoms with van der Waals surface area (Å²) in [6.07, 6.45) is 3.44. The molecule has 0 bridgehead atoms. The van der Waals surface area contributed by atoms with Crippen molar-refractivity contribution in [2.24, 2.45) is 0 Å². The predicted molar refractivity (Wildman–Crippen MR) is 50.6 cm³/mol. The summed E-state index contributed by atoms with van der Waals surface area (Å²) < 4.78 is 5.21. The molecule has 1 saturated heterocycles. The van der Waals surface area contributed by atoms with Crippen molar-refractivity contribution in [2.75, 3.05) is 6.54 Å². The van der Waals surface area contributed by atoms with Crippen molar-refractivity contribution in [1.29, 1.82) is 0 Å². The van der Waals surface area contributed by atoms with Crippen LogP contribution in [-0.2, 0) is 6.42 Å². The van der Waals surface area contributed by atoms with Crippen LogP contribution < -0.4 is 5.32 Å². The molecule has 1 atom stereocenters. The maximum absolute atomic E-state index is 5.21. The summed E-state index contributed by atoms with van der Waals surface area (Å²) in [4.78, 5) is 0. The smallest absolute Gasteiger partial charge is 0.138 e. The lowest BCUT2D eigenvalue weighted by Crippen LogP contribution is -2.14. The van der Waals surface area contributed by atoms with E-state index in [1.165, 1.54) is 18.4 Å². The fourth-order valence-corrected chi connectivity index (χ4v) is 2.06. The number of hydrogen-bond donors (Lipinski definition) is 1. The van der Waals surface area contributed by atoms with Gasteiger partial charge in [-0.1, -0.05) is 12.1 Å². The Kier molecular flexibility index (Phi) is 2.36. The first kappa shape index (κ1) is 8.75. The average Bonchev–Trinajstić information content (AvgIpc) is 2.72. The lowest BCUT2D eigenvalue weighted by molar-refractivity contribution is 0.389. The second kappa shape index (κ2) is 3.50. The Bertz CT molecular complexity index is 287. The second-order valence-corrected chi connectivity index (χ2v) is 3.60. The normalized spacial score (nSPS) is 22.5. The summed E-state index contributed by atoms with van der Waals surface area (Å²) in [5.74, 6) is 0.983. The van der Waals surface area contributed by atoms with Gasteiger partial charge in [-0.2, -0.15) is 0 Å². The van der Waals surface area contributed by atoms with Crippen molar-refractivity contribution < 1.29 is 4.52 Å². The largest absolute Gasteiger partial charge is 0.361 e. The van der Waals surface area contributed by atoms with E-state index in [1.54, 1.807) is 0 Å². The van der Waals surface area contributed by atoms with E-state index >= 15 is 0 Å². The van der Waals surface area contributed by atoms with Crippen LogP contribution in [0.4, 0.5) is 0 Å². The molecule has 1 aliphatic heterocycles. The van der Waals surface area contributed by atoms with Crippen molar-refractivity contribution in [1.82, 2.24) is 10.5 Å². The second-order valence-electron chi connectivity index (χ2n) is 3.60. The van der Waals surface area contributed by atoms with E-state index in [4.69, 9.17) is 4.52 Å². The van der Waals surface area contributed by atoms with Crippen LogP contribution in [0.15, 0.2) is 4.52 Å². The van der Waals surface area contributed by atoms with Gasteiger partial charge in [-0.05, 0) is 32.7 Å². The van der Waals surface area contributed by atoms with Gasteiger partial charge < -0.3 is 9.84 Å². The highest BCUT2D eigenvalue weighted by molar-refractivity contribution is 5.26. The van der Waals surface area contributed by atoms with Crippen molar-refractivity contribution in [3.8, 4) is 0 Å². The summed E-state index contributed by atoms with van der Waals surface area (Å²) in [5.41, 5.74) is 2.43. The maximum Gasteiger partial charge on any atom is 0.138 e. The Morgan fingerprint density at radius 3 is 3.08 bits per heavy atom. The molecule has 0 unspecified atom stereocenters. The highest BCUT2D eigenvalue weighted by atomic mass is 16.5. The first-order valence-electron chi connectivity index (χ1n) is 5.01. The standard InChI is InChI=1S/C10H16N2O/c1-3-8-10(7(2)13-12-8)9-5-4-6-11-9/h9,11H,3-6H2,1-2H3/t9-/m0/s1. The lowest BCUT2D eigenvalue weighted by Gasteiger charge is -2.09. The van der Waals surface area contributed by atoms with Crippen molar-refractivity contribution in [3.63, 3.8) is 0 Å². The SMILES string of the molecule is CCc1noc(C)c1[C@@H]1CCCN1. The summed E-state index contributed by atoms with van der Waals surface area (Å²) in [7, 11) is 0. The third kappa shape index (κ3) is 1.48. The summed E-state index contributed by atoms with van der Waals surface area (Å²) in [6, 6.07) is 0.487. The minimum absolute atomic E-state index is 0.487. The van der Waals surface area contributed by atoms with Crippen LogP contribution in [0, 0.1) is 6.92 Å². The number of nitrogens with one attached hydrogen (secondary N) is 1. The number of aromatic nitrogens is 1. The van der Waals surface area contributed by atoms with E-state index in [1.807, 2.05) is 6.92 Å². The molecular weight excluding hydrogens is 164 g/mol. The molecular formula is C10H16N2O. The Balaban J connectivity index is 2.30. The molecule has 0 spiro atoms. The molecule has 0 radical (unpaired) electrons. The van der Waals surface area contributed by atoms with Crippen LogP contribution in [0.1, 0.15) is 42.8 Å². The van der Waals surface area contributed by atoms with E-state index in [9.17, 15) is 0 Å².